The summed E-state index contributed by atoms with van der Waals surface area (Å²) in [5.41, 5.74) is 3.91. The molecule has 1 aromatic carbocycles. The predicted octanol–water partition coefficient (Wildman–Crippen LogP) is 2.66. The van der Waals surface area contributed by atoms with Crippen LogP contribution < -0.4 is 4.57 Å². The van der Waals surface area contributed by atoms with Crippen LogP contribution in [0.5, 0.6) is 0 Å². The summed E-state index contributed by atoms with van der Waals surface area (Å²) in [5.74, 6) is 6.59. The van der Waals surface area contributed by atoms with Gasteiger partial charge < -0.3 is 0 Å². The Bertz CT molecular complexity index is 685. The van der Waals surface area contributed by atoms with E-state index in [4.69, 9.17) is 0 Å². The van der Waals surface area contributed by atoms with Crippen LogP contribution in [0.1, 0.15) is 25.8 Å². The largest absolute Gasteiger partial charge is 0.245 e. The molecule has 0 radical (unpaired) electrons. The molecule has 2 nitrogen and oxygen atoms in total. The van der Waals surface area contributed by atoms with E-state index >= 15 is 0 Å². The third-order valence-corrected chi connectivity index (χ3v) is 4.06. The molecule has 0 amide bonds. The highest BCUT2D eigenvalue weighted by Crippen LogP contribution is 2.38. The van der Waals surface area contributed by atoms with Crippen LogP contribution in [-0.4, -0.2) is 4.57 Å². The van der Waals surface area contributed by atoms with E-state index in [0.717, 1.165) is 12.8 Å². The van der Waals surface area contributed by atoms with E-state index in [1.807, 2.05) is 6.92 Å². The van der Waals surface area contributed by atoms with Crippen molar-refractivity contribution in [2.24, 2.45) is 7.05 Å². The average Bonchev–Trinajstić information content (AvgIpc) is 2.82. The number of nitrogens with zero attached hydrogens (tertiary/aromatic N) is 2. The lowest BCUT2D eigenvalue weighted by Crippen LogP contribution is -2.38. The quantitative estimate of drug-likeness (QED) is 0.544. The van der Waals surface area contributed by atoms with E-state index in [1.165, 1.54) is 16.8 Å². The van der Waals surface area contributed by atoms with Gasteiger partial charge in [-0.3, -0.25) is 0 Å². The Morgan fingerprint density at radius 2 is 2.16 bits per heavy atom. The maximum atomic E-state index is 3.46. The molecular formula is C17H19N2+. The summed E-state index contributed by atoms with van der Waals surface area (Å²) in [6.07, 6.45) is 6.37. The summed E-state index contributed by atoms with van der Waals surface area (Å²) in [6, 6.07) is 8.67. The van der Waals surface area contributed by atoms with Crippen molar-refractivity contribution >= 4 is 0 Å². The second kappa shape index (κ2) is 4.28. The van der Waals surface area contributed by atoms with Crippen molar-refractivity contribution in [1.82, 2.24) is 4.57 Å². The second-order valence-electron chi connectivity index (χ2n) is 5.26. The normalized spacial score (nSPS) is 20.2. The van der Waals surface area contributed by atoms with Gasteiger partial charge in [-0.1, -0.05) is 37.1 Å². The molecule has 0 fully saturated rings. The van der Waals surface area contributed by atoms with Gasteiger partial charge in [-0.05, 0) is 12.5 Å². The first-order valence-electron chi connectivity index (χ1n) is 6.80. The van der Waals surface area contributed by atoms with Gasteiger partial charge in [0.1, 0.15) is 6.20 Å². The minimum Gasteiger partial charge on any atom is -0.239 e. The Labute approximate surface area is 114 Å². The highest BCUT2D eigenvalue weighted by molar-refractivity contribution is 5.66. The molecule has 1 aliphatic rings. The van der Waals surface area contributed by atoms with E-state index in [9.17, 15) is 0 Å². The molecule has 0 unspecified atom stereocenters. The Morgan fingerprint density at radius 1 is 1.37 bits per heavy atom. The second-order valence-corrected chi connectivity index (χ2v) is 5.26. The first-order chi connectivity index (χ1) is 9.20. The fourth-order valence-corrected chi connectivity index (χ4v) is 3.12. The summed E-state index contributed by atoms with van der Waals surface area (Å²) in [4.78, 5) is 0. The van der Waals surface area contributed by atoms with E-state index in [1.54, 1.807) is 0 Å². The van der Waals surface area contributed by atoms with E-state index < -0.39 is 0 Å². The maximum absolute atomic E-state index is 3.46. The van der Waals surface area contributed by atoms with Crippen LogP contribution in [0.3, 0.4) is 0 Å². The third-order valence-electron chi connectivity index (χ3n) is 4.06. The van der Waals surface area contributed by atoms with Crippen molar-refractivity contribution in [2.75, 3.05) is 0 Å². The molecular weight excluding hydrogens is 232 g/mol. The molecule has 0 N–H and O–H groups in total. The molecule has 1 atom stereocenters. The maximum Gasteiger partial charge on any atom is 0.245 e. The minimum atomic E-state index is -0.0975. The van der Waals surface area contributed by atoms with Gasteiger partial charge in [-0.15, -0.1) is 5.92 Å². The number of hydrogen-bond donors (Lipinski definition) is 0. The zero-order valence-corrected chi connectivity index (χ0v) is 11.8. The molecule has 96 valence electrons. The first kappa shape index (κ1) is 12.0. The van der Waals surface area contributed by atoms with Crippen LogP contribution >= 0.6 is 0 Å². The molecule has 19 heavy (non-hydrogen) atoms. The number of imidazole rings is 1. The number of aryl methyl sites for hydroxylation is 1. The van der Waals surface area contributed by atoms with E-state index in [-0.39, 0.29) is 5.54 Å². The Hall–Kier alpha value is -2.01. The van der Waals surface area contributed by atoms with Crippen LogP contribution in [0.2, 0.25) is 0 Å². The summed E-state index contributed by atoms with van der Waals surface area (Å²) in [5, 5.41) is 0. The van der Waals surface area contributed by atoms with E-state index in [2.05, 4.69) is 71.7 Å². The summed E-state index contributed by atoms with van der Waals surface area (Å²) >= 11 is 0. The van der Waals surface area contributed by atoms with Gasteiger partial charge in [0.15, 0.2) is 11.2 Å². The van der Waals surface area contributed by atoms with Crippen LogP contribution in [-0.2, 0) is 19.0 Å². The molecule has 2 heteroatoms. The first-order valence-corrected chi connectivity index (χ1v) is 6.80. The van der Waals surface area contributed by atoms with Crippen LogP contribution in [0.15, 0.2) is 36.8 Å². The van der Waals surface area contributed by atoms with Gasteiger partial charge in [-0.25, -0.2) is 9.13 Å². The van der Waals surface area contributed by atoms with Crippen LogP contribution in [0.25, 0.3) is 11.3 Å². The topological polar surface area (TPSA) is 8.81 Å². The summed E-state index contributed by atoms with van der Waals surface area (Å²) in [7, 11) is 2.08. The molecule has 2 aromatic rings. The monoisotopic (exact) mass is 251 g/mol. The third kappa shape index (κ3) is 1.69. The molecule has 0 aliphatic carbocycles. The number of benzene rings is 1. The SMILES string of the molecule is CC#C[C@@]1(CC)Cc2ccccc2-c2c[n+](C)cn21. The number of aromatic nitrogens is 2. The standard InChI is InChI=1S/C17H19N2/c1-4-10-17(5-2)11-14-8-6-7-9-15(14)16-12-18(3)13-19(16)17/h6-9,12-13H,5,11H2,1-3H3/q+1/t17-/m0/s1. The fraction of sp³-hybridized carbons (Fsp3) is 0.353. The van der Waals surface area contributed by atoms with Gasteiger partial charge in [0.05, 0.1) is 7.05 Å². The van der Waals surface area contributed by atoms with Crippen molar-refractivity contribution in [3.05, 3.63) is 42.4 Å². The zero-order valence-electron chi connectivity index (χ0n) is 11.8. The fourth-order valence-electron chi connectivity index (χ4n) is 3.12. The smallest absolute Gasteiger partial charge is 0.239 e. The van der Waals surface area contributed by atoms with Gasteiger partial charge in [-0.2, -0.15) is 0 Å². The van der Waals surface area contributed by atoms with Crippen molar-refractivity contribution in [2.45, 2.75) is 32.2 Å². The molecule has 1 aliphatic heterocycles. The molecule has 0 saturated carbocycles. The average molecular weight is 251 g/mol. The highest BCUT2D eigenvalue weighted by atomic mass is 15.2. The van der Waals surface area contributed by atoms with Crippen molar-refractivity contribution in [3.63, 3.8) is 0 Å². The lowest BCUT2D eigenvalue weighted by Gasteiger charge is -2.30. The molecule has 1 aromatic heterocycles. The Morgan fingerprint density at radius 3 is 2.89 bits per heavy atom. The Kier molecular flexibility index (Phi) is 2.71. The highest BCUT2D eigenvalue weighted by Gasteiger charge is 2.41. The van der Waals surface area contributed by atoms with Crippen molar-refractivity contribution in [1.29, 1.82) is 0 Å². The minimum absolute atomic E-state index is 0.0975. The summed E-state index contributed by atoms with van der Waals surface area (Å²) in [6.45, 7) is 4.16. The zero-order chi connectivity index (χ0) is 13.5. The molecule has 0 spiro atoms. The number of rotatable bonds is 1. The number of fused-ring (bicyclic) bond motifs is 3. The van der Waals surface area contributed by atoms with E-state index in [0.29, 0.717) is 0 Å². The number of hydrogen-bond acceptors (Lipinski definition) is 0. The Balaban J connectivity index is 2.32. The van der Waals surface area contributed by atoms with Gasteiger partial charge in [0.2, 0.25) is 6.33 Å². The molecule has 2 heterocycles. The van der Waals surface area contributed by atoms with Crippen molar-refractivity contribution in [3.8, 4) is 23.1 Å². The van der Waals surface area contributed by atoms with Gasteiger partial charge in [0.25, 0.3) is 0 Å². The molecule has 0 saturated heterocycles. The van der Waals surface area contributed by atoms with Crippen LogP contribution in [0.4, 0.5) is 0 Å². The molecule has 0 bridgehead atoms. The van der Waals surface area contributed by atoms with Crippen LogP contribution in [0, 0.1) is 11.8 Å². The molecule has 3 rings (SSSR count). The van der Waals surface area contributed by atoms with Crippen molar-refractivity contribution < 1.29 is 4.57 Å². The predicted molar refractivity (Wildman–Crippen MR) is 76.5 cm³/mol. The van der Waals surface area contributed by atoms with Gasteiger partial charge in [0, 0.05) is 18.4 Å². The summed E-state index contributed by atoms with van der Waals surface area (Å²) < 4.78 is 4.48. The van der Waals surface area contributed by atoms with Gasteiger partial charge >= 0.3 is 0 Å². The lowest BCUT2D eigenvalue weighted by atomic mass is 9.82. The lowest BCUT2D eigenvalue weighted by molar-refractivity contribution is -0.671.